The van der Waals surface area contributed by atoms with Crippen molar-refractivity contribution in [3.63, 3.8) is 0 Å². The number of aliphatic hydroxyl groups is 5. The van der Waals surface area contributed by atoms with E-state index in [0.717, 1.165) is 0 Å². The van der Waals surface area contributed by atoms with Crippen LogP contribution in [0.15, 0.2) is 0 Å². The number of ether oxygens (including phenoxy) is 4. The molecular weight excluding hydrogens is 276 g/mol. The second-order valence-corrected chi connectivity index (χ2v) is 4.85. The summed E-state index contributed by atoms with van der Waals surface area (Å²) in [6.45, 7) is -0.346. The molecule has 0 bridgehead atoms. The number of rotatable bonds is 3. The van der Waals surface area contributed by atoms with Crippen molar-refractivity contribution in [2.75, 3.05) is 20.3 Å². The van der Waals surface area contributed by atoms with Crippen molar-refractivity contribution in [2.45, 2.75) is 49.2 Å². The summed E-state index contributed by atoms with van der Waals surface area (Å²) in [6.07, 6.45) is -9.94. The van der Waals surface area contributed by atoms with E-state index >= 15 is 0 Å². The first-order valence-electron chi connectivity index (χ1n) is 6.27. The van der Waals surface area contributed by atoms with Gasteiger partial charge in [0.2, 0.25) is 0 Å². The van der Waals surface area contributed by atoms with Gasteiger partial charge in [-0.1, -0.05) is 0 Å². The molecule has 2 aliphatic heterocycles. The van der Waals surface area contributed by atoms with Crippen molar-refractivity contribution in [3.8, 4) is 0 Å². The van der Waals surface area contributed by atoms with Crippen LogP contribution < -0.4 is 0 Å². The standard InChI is InChI=1S/C11H20O9/c1-17-11-9(7(15)5(13)3-19-11)20-10-8(16)6(14)4(12)2-18-10/h4-16H,2-3H2,1H3/t4-,5+,6-,7+,8+,9-,10+,11-/m0/s1. The maximum atomic E-state index is 9.89. The van der Waals surface area contributed by atoms with Crippen molar-refractivity contribution in [1.29, 1.82) is 0 Å². The minimum absolute atomic E-state index is 0.116. The van der Waals surface area contributed by atoms with Crippen LogP contribution in [0.5, 0.6) is 0 Å². The molecule has 20 heavy (non-hydrogen) atoms. The van der Waals surface area contributed by atoms with Crippen molar-refractivity contribution in [1.82, 2.24) is 0 Å². The molecule has 0 aromatic rings. The number of methoxy groups -OCH3 is 1. The zero-order chi connectivity index (χ0) is 14.9. The average Bonchev–Trinajstić information content (AvgIpc) is 2.44. The molecular formula is C11H20O9. The molecule has 0 aromatic carbocycles. The summed E-state index contributed by atoms with van der Waals surface area (Å²) in [7, 11) is 1.34. The van der Waals surface area contributed by atoms with Gasteiger partial charge in [0.15, 0.2) is 12.6 Å². The van der Waals surface area contributed by atoms with Gasteiger partial charge in [-0.15, -0.1) is 0 Å². The van der Waals surface area contributed by atoms with Crippen molar-refractivity contribution >= 4 is 0 Å². The molecule has 0 aliphatic carbocycles. The van der Waals surface area contributed by atoms with E-state index in [0.29, 0.717) is 0 Å². The van der Waals surface area contributed by atoms with Gasteiger partial charge in [0.1, 0.15) is 36.6 Å². The molecule has 5 N–H and O–H groups in total. The third kappa shape index (κ3) is 3.11. The normalized spacial score (nSPS) is 50.1. The van der Waals surface area contributed by atoms with Crippen LogP contribution in [0.4, 0.5) is 0 Å². The fraction of sp³-hybridized carbons (Fsp3) is 1.00. The smallest absolute Gasteiger partial charge is 0.186 e. The lowest BCUT2D eigenvalue weighted by Gasteiger charge is -2.41. The van der Waals surface area contributed by atoms with E-state index in [2.05, 4.69) is 0 Å². The summed E-state index contributed by atoms with van der Waals surface area (Å²) in [5.41, 5.74) is 0. The van der Waals surface area contributed by atoms with E-state index in [4.69, 9.17) is 18.9 Å². The first-order valence-corrected chi connectivity index (χ1v) is 6.27. The van der Waals surface area contributed by atoms with E-state index in [1.807, 2.05) is 0 Å². The van der Waals surface area contributed by atoms with E-state index in [1.54, 1.807) is 0 Å². The maximum absolute atomic E-state index is 9.89. The highest BCUT2D eigenvalue weighted by atomic mass is 16.7. The van der Waals surface area contributed by atoms with Gasteiger partial charge in [-0.2, -0.15) is 0 Å². The second-order valence-electron chi connectivity index (χ2n) is 4.85. The van der Waals surface area contributed by atoms with E-state index in [9.17, 15) is 25.5 Å². The van der Waals surface area contributed by atoms with Crippen molar-refractivity contribution < 1.29 is 44.5 Å². The number of hydrogen-bond donors (Lipinski definition) is 5. The quantitative estimate of drug-likeness (QED) is 0.359. The highest BCUT2D eigenvalue weighted by Crippen LogP contribution is 2.24. The van der Waals surface area contributed by atoms with Gasteiger partial charge in [-0.25, -0.2) is 0 Å². The largest absolute Gasteiger partial charge is 0.388 e. The first-order chi connectivity index (χ1) is 9.45. The average molecular weight is 296 g/mol. The SMILES string of the molecule is CO[C@H]1OC[C@@H](O)[C@@H](O)[C@@H]1O[C@H]1OC[C@H](O)[C@H](O)[C@H]1O. The predicted octanol–water partition coefficient (Wildman–Crippen LogP) is -3.46. The van der Waals surface area contributed by atoms with Crippen LogP contribution in [-0.4, -0.2) is 95.1 Å². The lowest BCUT2D eigenvalue weighted by atomic mass is 10.0. The van der Waals surface area contributed by atoms with Crippen molar-refractivity contribution in [2.24, 2.45) is 0 Å². The molecule has 2 fully saturated rings. The van der Waals surface area contributed by atoms with Crippen LogP contribution in [0.1, 0.15) is 0 Å². The predicted molar refractivity (Wildman–Crippen MR) is 61.4 cm³/mol. The lowest BCUT2D eigenvalue weighted by Crippen LogP contribution is -2.60. The highest BCUT2D eigenvalue weighted by molar-refractivity contribution is 4.88. The lowest BCUT2D eigenvalue weighted by molar-refractivity contribution is -0.340. The summed E-state index contributed by atoms with van der Waals surface area (Å²) in [5.74, 6) is 0. The zero-order valence-corrected chi connectivity index (χ0v) is 10.9. The molecule has 9 heteroatoms. The Morgan fingerprint density at radius 2 is 1.35 bits per heavy atom. The van der Waals surface area contributed by atoms with E-state index in [1.165, 1.54) is 7.11 Å². The molecule has 2 saturated heterocycles. The minimum Gasteiger partial charge on any atom is -0.388 e. The first kappa shape index (κ1) is 16.0. The van der Waals surface area contributed by atoms with Crippen LogP contribution in [0.2, 0.25) is 0 Å². The minimum atomic E-state index is -1.50. The van der Waals surface area contributed by atoms with Gasteiger partial charge in [-0.3, -0.25) is 0 Å². The Morgan fingerprint density at radius 3 is 1.95 bits per heavy atom. The van der Waals surface area contributed by atoms with Crippen LogP contribution in [0.3, 0.4) is 0 Å². The Kier molecular flexibility index (Phi) is 5.29. The number of hydrogen-bond acceptors (Lipinski definition) is 9. The van der Waals surface area contributed by atoms with Gasteiger partial charge in [0.05, 0.1) is 13.2 Å². The Bertz CT molecular complexity index is 312. The Balaban J connectivity index is 2.02. The van der Waals surface area contributed by atoms with Crippen LogP contribution in [0.25, 0.3) is 0 Å². The molecule has 8 atom stereocenters. The molecule has 0 radical (unpaired) electrons. The molecule has 118 valence electrons. The molecule has 0 spiro atoms. The van der Waals surface area contributed by atoms with Crippen LogP contribution >= 0.6 is 0 Å². The van der Waals surface area contributed by atoms with Gasteiger partial charge in [0, 0.05) is 7.11 Å². The van der Waals surface area contributed by atoms with Gasteiger partial charge < -0.3 is 44.5 Å². The molecule has 0 saturated carbocycles. The fourth-order valence-electron chi connectivity index (χ4n) is 2.17. The van der Waals surface area contributed by atoms with E-state index < -0.39 is 49.2 Å². The summed E-state index contributed by atoms with van der Waals surface area (Å²) >= 11 is 0. The highest BCUT2D eigenvalue weighted by Gasteiger charge is 2.45. The molecule has 0 unspecified atom stereocenters. The number of aliphatic hydroxyl groups excluding tert-OH is 5. The third-order valence-electron chi connectivity index (χ3n) is 3.41. The second kappa shape index (κ2) is 6.60. The van der Waals surface area contributed by atoms with Crippen molar-refractivity contribution in [3.05, 3.63) is 0 Å². The summed E-state index contributed by atoms with van der Waals surface area (Å²) in [5, 5.41) is 48.1. The monoisotopic (exact) mass is 296 g/mol. The molecule has 2 rings (SSSR count). The molecule has 2 heterocycles. The zero-order valence-electron chi connectivity index (χ0n) is 10.9. The van der Waals surface area contributed by atoms with E-state index in [-0.39, 0.29) is 13.2 Å². The van der Waals surface area contributed by atoms with Gasteiger partial charge >= 0.3 is 0 Å². The van der Waals surface area contributed by atoms with Crippen LogP contribution in [-0.2, 0) is 18.9 Å². The Hall–Kier alpha value is -0.360. The summed E-state index contributed by atoms with van der Waals surface area (Å²) in [6, 6.07) is 0. The Labute approximate surface area is 115 Å². The molecule has 9 nitrogen and oxygen atoms in total. The summed E-state index contributed by atoms with van der Waals surface area (Å²) in [4.78, 5) is 0. The summed E-state index contributed by atoms with van der Waals surface area (Å²) < 4.78 is 20.5. The fourth-order valence-corrected chi connectivity index (χ4v) is 2.17. The maximum Gasteiger partial charge on any atom is 0.186 e. The molecule has 2 aliphatic rings. The van der Waals surface area contributed by atoms with Crippen LogP contribution in [0, 0.1) is 0 Å². The molecule has 0 amide bonds. The Morgan fingerprint density at radius 1 is 0.800 bits per heavy atom. The van der Waals surface area contributed by atoms with Gasteiger partial charge in [0.25, 0.3) is 0 Å². The topological polar surface area (TPSA) is 138 Å². The third-order valence-corrected chi connectivity index (χ3v) is 3.41. The molecule has 0 aromatic heterocycles. The van der Waals surface area contributed by atoms with Gasteiger partial charge in [-0.05, 0) is 0 Å².